The molecule has 0 saturated heterocycles. The first-order valence-corrected chi connectivity index (χ1v) is 7.85. The maximum absolute atomic E-state index is 3.81. The van der Waals surface area contributed by atoms with Gasteiger partial charge in [-0.1, -0.05) is 78.2 Å². The summed E-state index contributed by atoms with van der Waals surface area (Å²) >= 11 is 0. The fourth-order valence-electron chi connectivity index (χ4n) is 2.78. The molecule has 2 unspecified atom stereocenters. The molecule has 102 valence electrons. The average Bonchev–Trinajstić information content (AvgIpc) is 2.29. The minimum absolute atomic E-state index is 0.940. The van der Waals surface area contributed by atoms with Gasteiger partial charge in [0.25, 0.3) is 0 Å². The predicted octanol–water partition coefficient (Wildman–Crippen LogP) is 6.37. The Bertz CT molecular complexity index is 159. The first kappa shape index (κ1) is 16.7. The second kappa shape index (κ2) is 12.2. The number of allylic oxidation sites excluding steroid dienone is 1. The Morgan fingerprint density at radius 2 is 1.53 bits per heavy atom. The monoisotopic (exact) mass is 238 g/mol. The molecule has 2 atom stereocenters. The Balaban J connectivity index is 3.64. The SMILES string of the molecule is C=CCCCC(CCC)CCCC(C)CCC. The van der Waals surface area contributed by atoms with Gasteiger partial charge in [0.15, 0.2) is 0 Å². The van der Waals surface area contributed by atoms with Crippen LogP contribution in [0.5, 0.6) is 0 Å². The Hall–Kier alpha value is -0.260. The molecule has 0 aliphatic heterocycles. The van der Waals surface area contributed by atoms with Gasteiger partial charge in [0, 0.05) is 0 Å². The number of unbranched alkanes of at least 4 members (excludes halogenated alkanes) is 1. The third kappa shape index (κ3) is 10.6. The molecule has 17 heavy (non-hydrogen) atoms. The van der Waals surface area contributed by atoms with Crippen molar-refractivity contribution in [3.63, 3.8) is 0 Å². The van der Waals surface area contributed by atoms with E-state index in [4.69, 9.17) is 0 Å². The molecule has 0 aromatic carbocycles. The molecule has 0 heteroatoms. The molecule has 0 fully saturated rings. The van der Waals surface area contributed by atoms with Crippen LogP contribution in [-0.2, 0) is 0 Å². The van der Waals surface area contributed by atoms with Crippen LogP contribution in [0.3, 0.4) is 0 Å². The lowest BCUT2D eigenvalue weighted by molar-refractivity contribution is 0.365. The fourth-order valence-corrected chi connectivity index (χ4v) is 2.78. The van der Waals surface area contributed by atoms with E-state index >= 15 is 0 Å². The molecule has 0 aliphatic carbocycles. The zero-order valence-electron chi connectivity index (χ0n) is 12.5. The molecular weight excluding hydrogens is 204 g/mol. The Labute approximate surface area is 110 Å². The smallest absolute Gasteiger partial charge is 0.0353 e. The zero-order valence-corrected chi connectivity index (χ0v) is 12.5. The van der Waals surface area contributed by atoms with Crippen molar-refractivity contribution in [1.29, 1.82) is 0 Å². The van der Waals surface area contributed by atoms with Gasteiger partial charge in [-0.3, -0.25) is 0 Å². The van der Waals surface area contributed by atoms with Crippen LogP contribution >= 0.6 is 0 Å². The van der Waals surface area contributed by atoms with Gasteiger partial charge in [0.05, 0.1) is 0 Å². The first-order chi connectivity index (χ1) is 8.24. The van der Waals surface area contributed by atoms with Gasteiger partial charge in [-0.25, -0.2) is 0 Å². The van der Waals surface area contributed by atoms with Gasteiger partial charge >= 0.3 is 0 Å². The molecule has 0 spiro atoms. The summed E-state index contributed by atoms with van der Waals surface area (Å²) in [5.74, 6) is 1.92. The summed E-state index contributed by atoms with van der Waals surface area (Å²) in [6.07, 6.45) is 15.9. The molecule has 0 aromatic rings. The normalized spacial score (nSPS) is 14.5. The van der Waals surface area contributed by atoms with E-state index in [-0.39, 0.29) is 0 Å². The van der Waals surface area contributed by atoms with Gasteiger partial charge < -0.3 is 0 Å². The van der Waals surface area contributed by atoms with Crippen molar-refractivity contribution in [2.24, 2.45) is 11.8 Å². The minimum atomic E-state index is 0.940. The number of rotatable bonds is 12. The summed E-state index contributed by atoms with van der Waals surface area (Å²) in [6, 6.07) is 0. The van der Waals surface area contributed by atoms with E-state index in [1.165, 1.54) is 64.2 Å². The molecule has 0 aromatic heterocycles. The molecule has 0 amide bonds. The Morgan fingerprint density at radius 1 is 0.882 bits per heavy atom. The second-order valence-electron chi connectivity index (χ2n) is 5.70. The quantitative estimate of drug-likeness (QED) is 0.274. The van der Waals surface area contributed by atoms with Crippen LogP contribution in [0.25, 0.3) is 0 Å². The summed E-state index contributed by atoms with van der Waals surface area (Å²) < 4.78 is 0. The van der Waals surface area contributed by atoms with Gasteiger partial charge in [-0.2, -0.15) is 0 Å². The molecule has 0 nitrogen and oxygen atoms in total. The largest absolute Gasteiger partial charge is 0.103 e. The lowest BCUT2D eigenvalue weighted by Gasteiger charge is -2.17. The number of hydrogen-bond donors (Lipinski definition) is 0. The van der Waals surface area contributed by atoms with Crippen molar-refractivity contribution in [1.82, 2.24) is 0 Å². The molecule has 0 N–H and O–H groups in total. The molecule has 0 saturated carbocycles. The van der Waals surface area contributed by atoms with Gasteiger partial charge in [-0.15, -0.1) is 6.58 Å². The highest BCUT2D eigenvalue weighted by Gasteiger charge is 2.08. The van der Waals surface area contributed by atoms with Gasteiger partial charge in [0.2, 0.25) is 0 Å². The third-order valence-corrected chi connectivity index (χ3v) is 3.81. The van der Waals surface area contributed by atoms with Crippen molar-refractivity contribution < 1.29 is 0 Å². The summed E-state index contributed by atoms with van der Waals surface area (Å²) in [7, 11) is 0. The summed E-state index contributed by atoms with van der Waals surface area (Å²) in [4.78, 5) is 0. The van der Waals surface area contributed by atoms with Crippen LogP contribution in [0, 0.1) is 11.8 Å². The highest BCUT2D eigenvalue weighted by atomic mass is 14.1. The van der Waals surface area contributed by atoms with Crippen LogP contribution in [-0.4, -0.2) is 0 Å². The molecule has 0 rings (SSSR count). The predicted molar refractivity (Wildman–Crippen MR) is 80.4 cm³/mol. The molecule has 0 heterocycles. The van der Waals surface area contributed by atoms with E-state index in [0.29, 0.717) is 0 Å². The Kier molecular flexibility index (Phi) is 12.0. The van der Waals surface area contributed by atoms with Crippen LogP contribution < -0.4 is 0 Å². The lowest BCUT2D eigenvalue weighted by Crippen LogP contribution is -2.02. The van der Waals surface area contributed by atoms with Crippen molar-refractivity contribution in [2.45, 2.75) is 85.0 Å². The fraction of sp³-hybridized carbons (Fsp3) is 0.882. The maximum atomic E-state index is 3.81. The first-order valence-electron chi connectivity index (χ1n) is 7.85. The van der Waals surface area contributed by atoms with E-state index in [2.05, 4.69) is 33.4 Å². The van der Waals surface area contributed by atoms with Crippen LogP contribution in [0.15, 0.2) is 12.7 Å². The molecule has 0 radical (unpaired) electrons. The summed E-state index contributed by atoms with van der Waals surface area (Å²) in [6.45, 7) is 10.8. The van der Waals surface area contributed by atoms with Gasteiger partial charge in [-0.05, 0) is 24.7 Å². The second-order valence-corrected chi connectivity index (χ2v) is 5.70. The minimum Gasteiger partial charge on any atom is -0.103 e. The van der Waals surface area contributed by atoms with Crippen LogP contribution in [0.4, 0.5) is 0 Å². The van der Waals surface area contributed by atoms with Crippen molar-refractivity contribution >= 4 is 0 Å². The highest BCUT2D eigenvalue weighted by molar-refractivity contribution is 4.68. The van der Waals surface area contributed by atoms with E-state index in [1.807, 2.05) is 0 Å². The summed E-state index contributed by atoms with van der Waals surface area (Å²) in [5.41, 5.74) is 0. The maximum Gasteiger partial charge on any atom is -0.0353 e. The summed E-state index contributed by atoms with van der Waals surface area (Å²) in [5, 5.41) is 0. The molecule has 0 aliphatic rings. The van der Waals surface area contributed by atoms with Crippen molar-refractivity contribution in [3.8, 4) is 0 Å². The van der Waals surface area contributed by atoms with E-state index < -0.39 is 0 Å². The van der Waals surface area contributed by atoms with Gasteiger partial charge in [0.1, 0.15) is 0 Å². The average molecular weight is 238 g/mol. The topological polar surface area (TPSA) is 0 Å². The zero-order chi connectivity index (χ0) is 12.9. The van der Waals surface area contributed by atoms with Crippen molar-refractivity contribution in [2.75, 3.05) is 0 Å². The lowest BCUT2D eigenvalue weighted by atomic mass is 9.89. The molecular formula is C17H34. The number of hydrogen-bond acceptors (Lipinski definition) is 0. The third-order valence-electron chi connectivity index (χ3n) is 3.81. The standard InChI is InChI=1S/C17H34/c1-5-8-9-14-17(12-7-3)15-10-13-16(4)11-6-2/h5,16-17H,1,6-15H2,2-4H3. The van der Waals surface area contributed by atoms with E-state index in [0.717, 1.165) is 11.8 Å². The van der Waals surface area contributed by atoms with Crippen molar-refractivity contribution in [3.05, 3.63) is 12.7 Å². The molecule has 0 bridgehead atoms. The Morgan fingerprint density at radius 3 is 2.12 bits per heavy atom. The van der Waals surface area contributed by atoms with E-state index in [1.54, 1.807) is 0 Å². The van der Waals surface area contributed by atoms with E-state index in [9.17, 15) is 0 Å². The van der Waals surface area contributed by atoms with Crippen LogP contribution in [0.1, 0.15) is 85.0 Å². The van der Waals surface area contributed by atoms with Crippen LogP contribution in [0.2, 0.25) is 0 Å². The highest BCUT2D eigenvalue weighted by Crippen LogP contribution is 2.23.